The maximum Gasteiger partial charge on any atom is 0.290 e. The van der Waals surface area contributed by atoms with Crippen molar-refractivity contribution in [2.45, 2.75) is 27.4 Å². The molecular weight excluding hydrogens is 368 g/mol. The molecule has 2 rings (SSSR count). The van der Waals surface area contributed by atoms with Crippen molar-refractivity contribution in [2.75, 3.05) is 7.11 Å². The van der Waals surface area contributed by atoms with Gasteiger partial charge in [0.05, 0.1) is 11.4 Å². The predicted octanol–water partition coefficient (Wildman–Crippen LogP) is 4.66. The van der Waals surface area contributed by atoms with Crippen molar-refractivity contribution in [3.63, 3.8) is 0 Å². The minimum atomic E-state index is -0.250. The van der Waals surface area contributed by atoms with Crippen LogP contribution in [-0.2, 0) is 21.1 Å². The van der Waals surface area contributed by atoms with Gasteiger partial charge in [-0.15, -0.1) is 0 Å². The molecule has 0 radical (unpaired) electrons. The smallest absolute Gasteiger partial charge is 0.290 e. The second-order valence-corrected chi connectivity index (χ2v) is 5.96. The third-order valence-electron chi connectivity index (χ3n) is 3.68. The fourth-order valence-electron chi connectivity index (χ4n) is 2.38. The summed E-state index contributed by atoms with van der Waals surface area (Å²) >= 11 is 6.00. The average Bonchev–Trinajstić information content (AvgIpc) is 2.63. The molecule has 2 aromatic rings. The molecule has 0 heterocycles. The standard InChI is InChI=1S/C19H21ClN2O2.CH2O2/c1-13-7-5-10-18(15(3)21-23-4)19(13)12-24-22-14(2)16-8-6-9-17(20)11-16;2-1-3/h5-11H,12H2,1-4H3;1H,(H,2,3)/b21-15-,22-14+;. The van der Waals surface area contributed by atoms with Crippen LogP contribution < -0.4 is 0 Å². The van der Waals surface area contributed by atoms with E-state index in [1.807, 2.05) is 63.2 Å². The third kappa shape index (κ3) is 7.11. The van der Waals surface area contributed by atoms with Crippen LogP contribution in [0.15, 0.2) is 52.8 Å². The Kier molecular flexibility index (Phi) is 9.61. The first-order valence-electron chi connectivity index (χ1n) is 8.11. The van der Waals surface area contributed by atoms with Crippen molar-refractivity contribution in [3.05, 3.63) is 69.7 Å². The van der Waals surface area contributed by atoms with Crippen LogP contribution >= 0.6 is 11.6 Å². The minimum absolute atomic E-state index is 0.250. The van der Waals surface area contributed by atoms with E-state index in [1.165, 1.54) is 7.11 Å². The Labute approximate surface area is 164 Å². The molecule has 0 unspecified atom stereocenters. The molecular formula is C20H23ClN2O4. The van der Waals surface area contributed by atoms with Crippen LogP contribution in [0.25, 0.3) is 0 Å². The second-order valence-electron chi connectivity index (χ2n) is 5.53. The molecule has 0 fully saturated rings. The highest BCUT2D eigenvalue weighted by molar-refractivity contribution is 6.31. The molecule has 7 heteroatoms. The lowest BCUT2D eigenvalue weighted by Gasteiger charge is -2.11. The van der Waals surface area contributed by atoms with E-state index >= 15 is 0 Å². The number of nitrogens with zero attached hydrogens (tertiary/aromatic N) is 2. The number of hydrogen-bond acceptors (Lipinski definition) is 5. The zero-order valence-electron chi connectivity index (χ0n) is 15.8. The van der Waals surface area contributed by atoms with E-state index in [2.05, 4.69) is 10.3 Å². The highest BCUT2D eigenvalue weighted by Gasteiger charge is 2.10. The highest BCUT2D eigenvalue weighted by atomic mass is 35.5. The number of hydrogen-bond donors (Lipinski definition) is 1. The Morgan fingerprint density at radius 2 is 1.81 bits per heavy atom. The molecule has 0 spiro atoms. The zero-order chi connectivity index (χ0) is 20.2. The van der Waals surface area contributed by atoms with Crippen molar-refractivity contribution < 1.29 is 19.6 Å². The van der Waals surface area contributed by atoms with E-state index in [4.69, 9.17) is 31.2 Å². The van der Waals surface area contributed by atoms with Gasteiger partial charge in [-0.05, 0) is 38.5 Å². The van der Waals surface area contributed by atoms with Crippen LogP contribution in [0.5, 0.6) is 0 Å². The number of carboxylic acid groups (broad SMARTS) is 1. The van der Waals surface area contributed by atoms with E-state index in [9.17, 15) is 0 Å². The SMILES string of the molecule is CO/N=C(/C)c1cccc(C)c1CO/N=C(\C)c1cccc(Cl)c1.O=CO. The van der Waals surface area contributed by atoms with Crippen molar-refractivity contribution >= 4 is 29.5 Å². The maximum atomic E-state index is 8.36. The Balaban J connectivity index is 0.00000114. The summed E-state index contributed by atoms with van der Waals surface area (Å²) in [6.07, 6.45) is 0. The topological polar surface area (TPSA) is 80.5 Å². The quantitative estimate of drug-likeness (QED) is 0.442. The summed E-state index contributed by atoms with van der Waals surface area (Å²) in [5, 5.41) is 15.8. The molecule has 0 atom stereocenters. The summed E-state index contributed by atoms with van der Waals surface area (Å²) in [6.45, 7) is 5.94. The van der Waals surface area contributed by atoms with Gasteiger partial charge in [-0.2, -0.15) is 0 Å². The van der Waals surface area contributed by atoms with Crippen molar-refractivity contribution in [3.8, 4) is 0 Å². The first-order chi connectivity index (χ1) is 12.9. The Morgan fingerprint density at radius 3 is 2.44 bits per heavy atom. The number of oxime groups is 2. The van der Waals surface area contributed by atoms with Gasteiger partial charge in [0.2, 0.25) is 0 Å². The maximum absolute atomic E-state index is 8.36. The van der Waals surface area contributed by atoms with Gasteiger partial charge in [-0.1, -0.05) is 52.2 Å². The lowest BCUT2D eigenvalue weighted by Crippen LogP contribution is -2.05. The predicted molar refractivity (Wildman–Crippen MR) is 108 cm³/mol. The number of halogens is 1. The summed E-state index contributed by atoms with van der Waals surface area (Å²) in [5.74, 6) is 0. The number of rotatable bonds is 6. The average molecular weight is 391 g/mol. The number of aryl methyl sites for hydroxylation is 1. The summed E-state index contributed by atoms with van der Waals surface area (Å²) < 4.78 is 0. The van der Waals surface area contributed by atoms with Crippen LogP contribution in [0, 0.1) is 6.92 Å². The Hall–Kier alpha value is -2.86. The van der Waals surface area contributed by atoms with Gasteiger partial charge in [-0.25, -0.2) is 0 Å². The summed E-state index contributed by atoms with van der Waals surface area (Å²) in [5.41, 5.74) is 5.66. The van der Waals surface area contributed by atoms with Crippen molar-refractivity contribution in [2.24, 2.45) is 10.3 Å². The van der Waals surface area contributed by atoms with Crippen LogP contribution in [0.4, 0.5) is 0 Å². The van der Waals surface area contributed by atoms with E-state index in [-0.39, 0.29) is 6.47 Å². The monoisotopic (exact) mass is 390 g/mol. The number of benzene rings is 2. The zero-order valence-corrected chi connectivity index (χ0v) is 16.5. The summed E-state index contributed by atoms with van der Waals surface area (Å²) in [6, 6.07) is 13.6. The molecule has 0 aromatic heterocycles. The van der Waals surface area contributed by atoms with Crippen LogP contribution in [0.3, 0.4) is 0 Å². The van der Waals surface area contributed by atoms with E-state index in [1.54, 1.807) is 0 Å². The van der Waals surface area contributed by atoms with E-state index in [0.717, 1.165) is 33.7 Å². The molecule has 0 aliphatic carbocycles. The van der Waals surface area contributed by atoms with Crippen molar-refractivity contribution in [1.29, 1.82) is 0 Å². The molecule has 0 amide bonds. The number of carbonyl (C=O) groups is 1. The van der Waals surface area contributed by atoms with Crippen LogP contribution in [0.1, 0.15) is 36.1 Å². The summed E-state index contributed by atoms with van der Waals surface area (Å²) in [7, 11) is 1.54. The Morgan fingerprint density at radius 1 is 1.15 bits per heavy atom. The van der Waals surface area contributed by atoms with Crippen LogP contribution in [-0.4, -0.2) is 30.1 Å². The van der Waals surface area contributed by atoms with Gasteiger partial charge in [0.1, 0.15) is 13.7 Å². The Bertz CT molecular complexity index is 819. The molecule has 6 nitrogen and oxygen atoms in total. The fourth-order valence-corrected chi connectivity index (χ4v) is 2.57. The molecule has 0 aliphatic heterocycles. The van der Waals surface area contributed by atoms with Gasteiger partial charge in [-0.3, -0.25) is 4.79 Å². The van der Waals surface area contributed by atoms with E-state index in [0.29, 0.717) is 11.6 Å². The van der Waals surface area contributed by atoms with Crippen LogP contribution in [0.2, 0.25) is 5.02 Å². The summed E-state index contributed by atoms with van der Waals surface area (Å²) in [4.78, 5) is 18.8. The highest BCUT2D eigenvalue weighted by Crippen LogP contribution is 2.17. The molecule has 27 heavy (non-hydrogen) atoms. The molecule has 2 aromatic carbocycles. The molecule has 144 valence electrons. The molecule has 0 saturated heterocycles. The molecule has 0 aliphatic rings. The fraction of sp³-hybridized carbons (Fsp3) is 0.250. The van der Waals surface area contributed by atoms with E-state index < -0.39 is 0 Å². The van der Waals surface area contributed by atoms with Gasteiger partial charge in [0.25, 0.3) is 6.47 Å². The van der Waals surface area contributed by atoms with Gasteiger partial charge in [0, 0.05) is 21.7 Å². The first-order valence-corrected chi connectivity index (χ1v) is 8.49. The molecule has 0 bridgehead atoms. The molecule has 1 N–H and O–H groups in total. The van der Waals surface area contributed by atoms with Gasteiger partial charge in [0.15, 0.2) is 0 Å². The van der Waals surface area contributed by atoms with Crippen molar-refractivity contribution in [1.82, 2.24) is 0 Å². The first kappa shape index (κ1) is 22.2. The van der Waals surface area contributed by atoms with Gasteiger partial charge < -0.3 is 14.8 Å². The lowest BCUT2D eigenvalue weighted by molar-refractivity contribution is -0.122. The molecule has 0 saturated carbocycles. The third-order valence-corrected chi connectivity index (χ3v) is 3.92. The largest absolute Gasteiger partial charge is 0.483 e. The second kappa shape index (κ2) is 11.7. The lowest BCUT2D eigenvalue weighted by atomic mass is 10.00. The van der Waals surface area contributed by atoms with Gasteiger partial charge >= 0.3 is 0 Å². The normalized spacial score (nSPS) is 11.3. The minimum Gasteiger partial charge on any atom is -0.483 e.